The van der Waals surface area contributed by atoms with Crippen LogP contribution in [0.25, 0.3) is 11.3 Å². The molecule has 0 saturated carbocycles. The lowest BCUT2D eigenvalue weighted by atomic mass is 10.1. The monoisotopic (exact) mass is 396 g/mol. The first-order valence-electron chi connectivity index (χ1n) is 7.16. The Hall–Kier alpha value is -1.77. The number of carbonyl (C=O) groups excluding carboxylic acids is 1. The van der Waals surface area contributed by atoms with Gasteiger partial charge in [0.1, 0.15) is 17.3 Å². The summed E-state index contributed by atoms with van der Waals surface area (Å²) < 4.78 is 47.6. The van der Waals surface area contributed by atoms with Gasteiger partial charge < -0.3 is 9.47 Å². The number of H-pyrrole nitrogens is 1. The summed E-state index contributed by atoms with van der Waals surface area (Å²) in [7, 11) is 0. The van der Waals surface area contributed by atoms with Crippen molar-refractivity contribution >= 4 is 29.2 Å². The molecular weight excluding hydrogens is 384 g/mol. The molecule has 0 aliphatic rings. The Labute approximate surface area is 151 Å². The van der Waals surface area contributed by atoms with E-state index in [1.54, 1.807) is 6.92 Å². The van der Waals surface area contributed by atoms with E-state index in [4.69, 9.17) is 27.9 Å². The molecule has 1 heterocycles. The van der Waals surface area contributed by atoms with E-state index in [-0.39, 0.29) is 39.2 Å². The Morgan fingerprint density at radius 2 is 2.08 bits per heavy atom. The second-order valence-corrected chi connectivity index (χ2v) is 5.71. The maximum absolute atomic E-state index is 14.2. The minimum atomic E-state index is -2.99. The van der Waals surface area contributed by atoms with Gasteiger partial charge in [-0.15, -0.1) is 0 Å². The third-order valence-corrected chi connectivity index (χ3v) is 3.79. The van der Waals surface area contributed by atoms with Gasteiger partial charge in [0.25, 0.3) is 0 Å². The summed E-state index contributed by atoms with van der Waals surface area (Å²) in [6.07, 6.45) is 0.741. The number of benzene rings is 1. The van der Waals surface area contributed by atoms with Crippen LogP contribution in [0.2, 0.25) is 10.0 Å². The molecule has 0 unspecified atom stereocenters. The van der Waals surface area contributed by atoms with E-state index in [1.165, 1.54) is 6.07 Å². The molecule has 0 amide bonds. The van der Waals surface area contributed by atoms with Gasteiger partial charge in [0.2, 0.25) is 0 Å². The molecule has 136 valence electrons. The molecule has 0 fully saturated rings. The standard InChI is InChI=1S/C15H13Cl2F3N2O3/c1-2-3-12(23)25-11-4-7(9(18)5-8(11)16)14-13(17)10(21-22-14)6-24-15(19)20/h4-5,15H,2-3,6H2,1H3,(H,21,22). The van der Waals surface area contributed by atoms with Crippen LogP contribution in [0, 0.1) is 5.82 Å². The van der Waals surface area contributed by atoms with Gasteiger partial charge in [-0.25, -0.2) is 4.39 Å². The molecule has 0 radical (unpaired) electrons. The van der Waals surface area contributed by atoms with Crippen molar-refractivity contribution in [2.45, 2.75) is 33.0 Å². The van der Waals surface area contributed by atoms with E-state index < -0.39 is 25.0 Å². The van der Waals surface area contributed by atoms with E-state index in [0.717, 1.165) is 6.07 Å². The fourth-order valence-corrected chi connectivity index (χ4v) is 2.38. The second-order valence-electron chi connectivity index (χ2n) is 4.92. The molecule has 2 rings (SSSR count). The highest BCUT2D eigenvalue weighted by atomic mass is 35.5. The number of alkyl halides is 2. The van der Waals surface area contributed by atoms with Crippen molar-refractivity contribution in [1.29, 1.82) is 0 Å². The molecule has 1 N–H and O–H groups in total. The van der Waals surface area contributed by atoms with Gasteiger partial charge in [-0.2, -0.15) is 13.9 Å². The van der Waals surface area contributed by atoms with Gasteiger partial charge in [0.05, 0.1) is 22.3 Å². The fraction of sp³-hybridized carbons (Fsp3) is 0.333. The number of nitrogens with zero attached hydrogens (tertiary/aromatic N) is 1. The number of halogens is 5. The number of esters is 1. The van der Waals surface area contributed by atoms with Gasteiger partial charge in [0, 0.05) is 12.0 Å². The molecule has 25 heavy (non-hydrogen) atoms. The zero-order chi connectivity index (χ0) is 18.6. The molecule has 0 spiro atoms. The third kappa shape index (κ3) is 4.87. The molecule has 2 aromatic rings. The number of nitrogens with one attached hydrogen (secondary N) is 1. The lowest BCUT2D eigenvalue weighted by molar-refractivity contribution is -0.138. The first kappa shape index (κ1) is 19.6. The molecule has 0 bridgehead atoms. The number of aromatic amines is 1. The molecule has 10 heteroatoms. The molecule has 0 aliphatic heterocycles. The van der Waals surface area contributed by atoms with E-state index in [1.807, 2.05) is 0 Å². The predicted octanol–water partition coefficient (Wildman–Crippen LogP) is 4.97. The zero-order valence-electron chi connectivity index (χ0n) is 12.9. The lowest BCUT2D eigenvalue weighted by Crippen LogP contribution is -2.07. The minimum absolute atomic E-state index is 0.0449. The number of ether oxygens (including phenoxy) is 2. The first-order chi connectivity index (χ1) is 11.8. The molecule has 1 aromatic carbocycles. The average molecular weight is 397 g/mol. The van der Waals surface area contributed by atoms with Crippen molar-refractivity contribution in [3.8, 4) is 17.0 Å². The van der Waals surface area contributed by atoms with Gasteiger partial charge in [-0.1, -0.05) is 30.1 Å². The van der Waals surface area contributed by atoms with Crippen molar-refractivity contribution in [3.05, 3.63) is 33.7 Å². The summed E-state index contributed by atoms with van der Waals surface area (Å²) in [4.78, 5) is 11.6. The normalized spacial score (nSPS) is 11.2. The molecular formula is C15H13Cl2F3N2O3. The van der Waals surface area contributed by atoms with Crippen molar-refractivity contribution in [1.82, 2.24) is 10.2 Å². The van der Waals surface area contributed by atoms with E-state index in [9.17, 15) is 18.0 Å². The van der Waals surface area contributed by atoms with E-state index >= 15 is 0 Å². The quantitative estimate of drug-likeness (QED) is 0.530. The summed E-state index contributed by atoms with van der Waals surface area (Å²) in [5.74, 6) is -1.35. The van der Waals surface area contributed by atoms with Crippen molar-refractivity contribution in [3.63, 3.8) is 0 Å². The minimum Gasteiger partial charge on any atom is -0.425 e. The van der Waals surface area contributed by atoms with Gasteiger partial charge >= 0.3 is 12.6 Å². The molecule has 5 nitrogen and oxygen atoms in total. The van der Waals surface area contributed by atoms with Crippen LogP contribution in [0.5, 0.6) is 5.75 Å². The average Bonchev–Trinajstić information content (AvgIpc) is 2.89. The summed E-state index contributed by atoms with van der Waals surface area (Å²) in [5, 5.41) is 6.02. The maximum Gasteiger partial charge on any atom is 0.345 e. The predicted molar refractivity (Wildman–Crippen MR) is 85.3 cm³/mol. The Morgan fingerprint density at radius 3 is 2.72 bits per heavy atom. The van der Waals surface area contributed by atoms with Crippen LogP contribution in [-0.2, 0) is 16.1 Å². The topological polar surface area (TPSA) is 64.2 Å². The Kier molecular flexibility index (Phi) is 6.69. The van der Waals surface area contributed by atoms with Crippen molar-refractivity contribution < 1.29 is 27.4 Å². The Bertz CT molecular complexity index is 769. The largest absolute Gasteiger partial charge is 0.425 e. The number of aromatic nitrogens is 2. The third-order valence-electron chi connectivity index (χ3n) is 3.08. The van der Waals surface area contributed by atoms with Gasteiger partial charge in [0.15, 0.2) is 0 Å². The van der Waals surface area contributed by atoms with Crippen LogP contribution in [0.3, 0.4) is 0 Å². The van der Waals surface area contributed by atoms with Crippen LogP contribution < -0.4 is 4.74 Å². The lowest BCUT2D eigenvalue weighted by Gasteiger charge is -2.09. The molecule has 0 aliphatic carbocycles. The van der Waals surface area contributed by atoms with Gasteiger partial charge in [-0.05, 0) is 18.6 Å². The maximum atomic E-state index is 14.2. The first-order valence-corrected chi connectivity index (χ1v) is 7.91. The highest BCUT2D eigenvalue weighted by Gasteiger charge is 2.20. The number of carbonyl (C=O) groups is 1. The summed E-state index contributed by atoms with van der Waals surface area (Å²) in [5.41, 5.74) is -0.0967. The Balaban J connectivity index is 2.34. The fourth-order valence-electron chi connectivity index (χ4n) is 1.95. The van der Waals surface area contributed by atoms with Crippen LogP contribution >= 0.6 is 23.2 Å². The molecule has 0 saturated heterocycles. The number of rotatable bonds is 7. The highest BCUT2D eigenvalue weighted by molar-refractivity contribution is 6.34. The van der Waals surface area contributed by atoms with Crippen LogP contribution in [0.15, 0.2) is 12.1 Å². The zero-order valence-corrected chi connectivity index (χ0v) is 14.4. The number of hydrogen-bond acceptors (Lipinski definition) is 4. The summed E-state index contributed by atoms with van der Waals surface area (Å²) >= 11 is 11.9. The van der Waals surface area contributed by atoms with Crippen LogP contribution in [0.4, 0.5) is 13.2 Å². The Morgan fingerprint density at radius 1 is 1.36 bits per heavy atom. The second kappa shape index (κ2) is 8.55. The van der Waals surface area contributed by atoms with Crippen LogP contribution in [0.1, 0.15) is 25.5 Å². The van der Waals surface area contributed by atoms with Crippen molar-refractivity contribution in [2.24, 2.45) is 0 Å². The van der Waals surface area contributed by atoms with Crippen molar-refractivity contribution in [2.75, 3.05) is 0 Å². The number of hydrogen-bond donors (Lipinski definition) is 1. The van der Waals surface area contributed by atoms with Crippen LogP contribution in [-0.4, -0.2) is 22.8 Å². The molecule has 1 aromatic heterocycles. The summed E-state index contributed by atoms with van der Waals surface area (Å²) in [6.45, 7) is -1.72. The van der Waals surface area contributed by atoms with E-state index in [0.29, 0.717) is 6.42 Å². The SMILES string of the molecule is CCCC(=O)Oc1cc(-c2n[nH]c(COC(F)F)c2Cl)c(F)cc1Cl. The molecule has 0 atom stereocenters. The van der Waals surface area contributed by atoms with Gasteiger partial charge in [-0.3, -0.25) is 9.89 Å². The highest BCUT2D eigenvalue weighted by Crippen LogP contribution is 2.36. The summed E-state index contributed by atoms with van der Waals surface area (Å²) in [6, 6.07) is 2.12. The van der Waals surface area contributed by atoms with E-state index in [2.05, 4.69) is 14.9 Å². The smallest absolute Gasteiger partial charge is 0.345 e.